The van der Waals surface area contributed by atoms with Crippen LogP contribution in [-0.2, 0) is 19.4 Å². The minimum atomic E-state index is 0.688. The highest BCUT2D eigenvalue weighted by molar-refractivity contribution is 7.09. The summed E-state index contributed by atoms with van der Waals surface area (Å²) < 4.78 is 2.06. The van der Waals surface area contributed by atoms with Crippen molar-refractivity contribution in [3.63, 3.8) is 0 Å². The number of nitrogens with zero attached hydrogens (tertiary/aromatic N) is 5. The third-order valence-corrected chi connectivity index (χ3v) is 4.87. The van der Waals surface area contributed by atoms with Crippen molar-refractivity contribution < 1.29 is 0 Å². The molecular formula is C19H17N5S. The molecule has 3 aromatic heterocycles. The molecule has 0 aliphatic rings. The molecule has 1 aromatic carbocycles. The molecule has 0 saturated heterocycles. The summed E-state index contributed by atoms with van der Waals surface area (Å²) in [6.07, 6.45) is 10.8. The fraction of sp³-hybridized carbons (Fsp3) is 0.158. The maximum absolute atomic E-state index is 4.77. The Labute approximate surface area is 150 Å². The van der Waals surface area contributed by atoms with E-state index in [1.165, 1.54) is 10.6 Å². The largest absolute Gasteiger partial charge is 0.324 e. The van der Waals surface area contributed by atoms with Crippen molar-refractivity contribution in [3.8, 4) is 11.5 Å². The third kappa shape index (κ3) is 3.80. The van der Waals surface area contributed by atoms with E-state index in [0.717, 1.165) is 30.1 Å². The number of imidazole rings is 1. The van der Waals surface area contributed by atoms with E-state index in [-0.39, 0.29) is 0 Å². The fourth-order valence-corrected chi connectivity index (χ4v) is 3.48. The lowest BCUT2D eigenvalue weighted by Gasteiger charge is -2.05. The van der Waals surface area contributed by atoms with E-state index < -0.39 is 0 Å². The van der Waals surface area contributed by atoms with Crippen LogP contribution >= 0.6 is 11.3 Å². The van der Waals surface area contributed by atoms with Crippen molar-refractivity contribution in [1.82, 2.24) is 24.5 Å². The molecule has 4 rings (SSSR count). The molecule has 0 unspecified atom stereocenters. The van der Waals surface area contributed by atoms with Crippen LogP contribution in [0.15, 0.2) is 66.7 Å². The Morgan fingerprint density at radius 3 is 2.72 bits per heavy atom. The zero-order valence-corrected chi connectivity index (χ0v) is 14.4. The molecule has 0 aliphatic carbocycles. The second-order valence-electron chi connectivity index (χ2n) is 5.69. The van der Waals surface area contributed by atoms with Gasteiger partial charge in [-0.1, -0.05) is 30.3 Å². The summed E-state index contributed by atoms with van der Waals surface area (Å²) in [5.41, 5.74) is 3.17. The first-order valence-electron chi connectivity index (χ1n) is 8.13. The summed E-state index contributed by atoms with van der Waals surface area (Å²) in [4.78, 5) is 17.6. The van der Waals surface area contributed by atoms with E-state index >= 15 is 0 Å². The Morgan fingerprint density at radius 2 is 1.88 bits per heavy atom. The fourth-order valence-electron chi connectivity index (χ4n) is 2.69. The summed E-state index contributed by atoms with van der Waals surface area (Å²) in [5, 5.41) is 3.29. The number of benzene rings is 1. The predicted octanol–water partition coefficient (Wildman–Crippen LogP) is 3.63. The normalized spacial score (nSPS) is 10.9. The van der Waals surface area contributed by atoms with Crippen LogP contribution in [0, 0.1) is 0 Å². The van der Waals surface area contributed by atoms with Crippen LogP contribution in [0.5, 0.6) is 0 Å². The van der Waals surface area contributed by atoms with Crippen molar-refractivity contribution in [3.05, 3.63) is 83.0 Å². The van der Waals surface area contributed by atoms with Crippen LogP contribution in [0.3, 0.4) is 0 Å². The average molecular weight is 347 g/mol. The van der Waals surface area contributed by atoms with Gasteiger partial charge in [0.1, 0.15) is 5.69 Å². The molecule has 6 heteroatoms. The number of aromatic nitrogens is 5. The molecule has 0 N–H and O–H groups in total. The van der Waals surface area contributed by atoms with Crippen molar-refractivity contribution in [2.45, 2.75) is 19.4 Å². The molecule has 0 fully saturated rings. The highest BCUT2D eigenvalue weighted by Crippen LogP contribution is 2.18. The first-order chi connectivity index (χ1) is 12.4. The molecule has 124 valence electrons. The lowest BCUT2D eigenvalue weighted by molar-refractivity contribution is 0.777. The predicted molar refractivity (Wildman–Crippen MR) is 98.3 cm³/mol. The molecule has 0 atom stereocenters. The highest BCUT2D eigenvalue weighted by atomic mass is 32.1. The van der Waals surface area contributed by atoms with Crippen LogP contribution in [-0.4, -0.2) is 24.5 Å². The SMILES string of the molecule is c1ccc(CCc2nc(Cn3ccnc3-c3cnccn3)cs2)cc1. The van der Waals surface area contributed by atoms with Crippen molar-refractivity contribution >= 4 is 11.3 Å². The second kappa shape index (κ2) is 7.36. The topological polar surface area (TPSA) is 56.5 Å². The van der Waals surface area contributed by atoms with Crippen molar-refractivity contribution in [1.29, 1.82) is 0 Å². The van der Waals surface area contributed by atoms with Gasteiger partial charge in [0.25, 0.3) is 0 Å². The summed E-state index contributed by atoms with van der Waals surface area (Å²) in [7, 11) is 0. The number of aryl methyl sites for hydroxylation is 2. The van der Waals surface area contributed by atoms with Gasteiger partial charge in [0, 0.05) is 36.6 Å². The van der Waals surface area contributed by atoms with E-state index in [2.05, 4.69) is 49.2 Å². The number of rotatable bonds is 6. The molecule has 0 spiro atoms. The van der Waals surface area contributed by atoms with Gasteiger partial charge in [-0.2, -0.15) is 0 Å². The Bertz CT molecular complexity index is 931. The number of hydrogen-bond donors (Lipinski definition) is 0. The standard InChI is InChI=1S/C19H17N5S/c1-2-4-15(5-3-1)6-7-18-23-16(14-25-18)13-24-11-10-22-19(24)17-12-20-8-9-21-17/h1-5,8-12,14H,6-7,13H2. The van der Waals surface area contributed by atoms with Gasteiger partial charge in [-0.3, -0.25) is 4.98 Å². The lowest BCUT2D eigenvalue weighted by atomic mass is 10.1. The van der Waals surface area contributed by atoms with Gasteiger partial charge in [0.05, 0.1) is 23.4 Å². The van der Waals surface area contributed by atoms with Gasteiger partial charge < -0.3 is 4.57 Å². The molecular weight excluding hydrogens is 330 g/mol. The van der Waals surface area contributed by atoms with Crippen LogP contribution in [0.4, 0.5) is 0 Å². The summed E-state index contributed by atoms with van der Waals surface area (Å²) in [5.74, 6) is 0.812. The zero-order chi connectivity index (χ0) is 16.9. The van der Waals surface area contributed by atoms with Crippen molar-refractivity contribution in [2.24, 2.45) is 0 Å². The van der Waals surface area contributed by atoms with Gasteiger partial charge in [0.15, 0.2) is 5.82 Å². The molecule has 0 saturated carbocycles. The monoisotopic (exact) mass is 347 g/mol. The van der Waals surface area contributed by atoms with Gasteiger partial charge in [0.2, 0.25) is 0 Å². The maximum atomic E-state index is 4.77. The molecule has 25 heavy (non-hydrogen) atoms. The van der Waals surface area contributed by atoms with Crippen molar-refractivity contribution in [2.75, 3.05) is 0 Å². The van der Waals surface area contributed by atoms with E-state index in [4.69, 9.17) is 4.98 Å². The molecule has 0 amide bonds. The molecule has 0 bridgehead atoms. The van der Waals surface area contributed by atoms with Crippen LogP contribution in [0.2, 0.25) is 0 Å². The lowest BCUT2D eigenvalue weighted by Crippen LogP contribution is -2.03. The quantitative estimate of drug-likeness (QED) is 0.534. The average Bonchev–Trinajstić information content (AvgIpc) is 3.31. The highest BCUT2D eigenvalue weighted by Gasteiger charge is 2.10. The molecule has 0 radical (unpaired) electrons. The van der Waals surface area contributed by atoms with Crippen LogP contribution in [0.25, 0.3) is 11.5 Å². The minimum Gasteiger partial charge on any atom is -0.324 e. The summed E-state index contributed by atoms with van der Waals surface area (Å²) >= 11 is 1.72. The minimum absolute atomic E-state index is 0.688. The zero-order valence-electron chi connectivity index (χ0n) is 13.6. The summed E-state index contributed by atoms with van der Waals surface area (Å²) in [6, 6.07) is 10.5. The molecule has 0 aliphatic heterocycles. The van der Waals surface area contributed by atoms with Crippen LogP contribution in [0.1, 0.15) is 16.3 Å². The van der Waals surface area contributed by atoms with Gasteiger partial charge in [-0.05, 0) is 12.0 Å². The Kier molecular flexibility index (Phi) is 4.61. The molecule has 5 nitrogen and oxygen atoms in total. The molecule has 4 aromatic rings. The Balaban J connectivity index is 1.45. The van der Waals surface area contributed by atoms with E-state index in [1.807, 2.05) is 12.3 Å². The smallest absolute Gasteiger partial charge is 0.160 e. The first-order valence-corrected chi connectivity index (χ1v) is 9.01. The first kappa shape index (κ1) is 15.7. The third-order valence-electron chi connectivity index (χ3n) is 3.91. The number of hydrogen-bond acceptors (Lipinski definition) is 5. The van der Waals surface area contributed by atoms with Crippen LogP contribution < -0.4 is 0 Å². The van der Waals surface area contributed by atoms with Gasteiger partial charge in [-0.25, -0.2) is 15.0 Å². The van der Waals surface area contributed by atoms with Gasteiger partial charge in [-0.15, -0.1) is 11.3 Å². The maximum Gasteiger partial charge on any atom is 0.160 e. The van der Waals surface area contributed by atoms with E-state index in [9.17, 15) is 0 Å². The Hall–Kier alpha value is -2.86. The summed E-state index contributed by atoms with van der Waals surface area (Å²) in [6.45, 7) is 0.688. The van der Waals surface area contributed by atoms with Gasteiger partial charge >= 0.3 is 0 Å². The molecule has 3 heterocycles. The van der Waals surface area contributed by atoms with E-state index in [1.54, 1.807) is 36.1 Å². The number of thiazole rings is 1. The second-order valence-corrected chi connectivity index (χ2v) is 6.63. The van der Waals surface area contributed by atoms with E-state index in [0.29, 0.717) is 6.54 Å². The Morgan fingerprint density at radius 1 is 0.960 bits per heavy atom.